The number of carbonyl (C=O) groups is 1. The minimum atomic E-state index is -0.526. The molecule has 0 bridgehead atoms. The summed E-state index contributed by atoms with van der Waals surface area (Å²) in [5.41, 5.74) is -1.27. The Bertz CT molecular complexity index is 563. The van der Waals surface area contributed by atoms with E-state index in [1.165, 1.54) is 18.4 Å². The van der Waals surface area contributed by atoms with Gasteiger partial charge >= 0.3 is 13.1 Å². The molecule has 21 heavy (non-hydrogen) atoms. The standard InChI is InChI=1S/C14H20BNO4S/c1-12(2)13(3,4)20-15(19-12)9-8-16-10(21-9)14(6-7-14)11(17)18-5/h8H,6-7H2,1-5H3. The minimum Gasteiger partial charge on any atom is -0.468 e. The summed E-state index contributed by atoms with van der Waals surface area (Å²) >= 11 is 1.48. The molecule has 0 aromatic carbocycles. The molecule has 1 aliphatic carbocycles. The van der Waals surface area contributed by atoms with Crippen molar-refractivity contribution >= 4 is 29.2 Å². The van der Waals surface area contributed by atoms with Crippen LogP contribution < -0.4 is 4.78 Å². The molecule has 0 atom stereocenters. The Morgan fingerprint density at radius 1 is 1.29 bits per heavy atom. The minimum absolute atomic E-state index is 0.197. The Labute approximate surface area is 129 Å². The fourth-order valence-electron chi connectivity index (χ4n) is 2.40. The van der Waals surface area contributed by atoms with E-state index in [1.54, 1.807) is 6.20 Å². The van der Waals surface area contributed by atoms with Crippen LogP contribution in [0.3, 0.4) is 0 Å². The van der Waals surface area contributed by atoms with Crippen molar-refractivity contribution in [2.24, 2.45) is 0 Å². The Morgan fingerprint density at radius 2 is 1.86 bits per heavy atom. The summed E-state index contributed by atoms with van der Waals surface area (Å²) in [6, 6.07) is 0. The van der Waals surface area contributed by atoms with Crippen molar-refractivity contribution in [3.8, 4) is 0 Å². The number of ether oxygens (including phenoxy) is 1. The Balaban J connectivity index is 1.83. The lowest BCUT2D eigenvalue weighted by atomic mass is 9.89. The van der Waals surface area contributed by atoms with Crippen LogP contribution in [-0.4, -0.2) is 36.4 Å². The second-order valence-electron chi connectivity index (χ2n) is 6.73. The van der Waals surface area contributed by atoms with Crippen LogP contribution in [0, 0.1) is 0 Å². The molecule has 1 aliphatic heterocycles. The lowest BCUT2D eigenvalue weighted by Gasteiger charge is -2.32. The first-order valence-electron chi connectivity index (χ1n) is 7.12. The van der Waals surface area contributed by atoms with E-state index in [9.17, 15) is 4.79 Å². The molecule has 0 amide bonds. The smallest absolute Gasteiger partial charge is 0.468 e. The second-order valence-corrected chi connectivity index (χ2v) is 7.79. The molecule has 1 saturated carbocycles. The van der Waals surface area contributed by atoms with Gasteiger partial charge < -0.3 is 14.0 Å². The normalized spacial score (nSPS) is 24.9. The molecule has 114 valence electrons. The van der Waals surface area contributed by atoms with Gasteiger partial charge in [0, 0.05) is 6.20 Å². The number of methoxy groups -OCH3 is 1. The molecular formula is C14H20BNO4S. The van der Waals surface area contributed by atoms with Crippen LogP contribution in [0.4, 0.5) is 0 Å². The van der Waals surface area contributed by atoms with Crippen molar-refractivity contribution in [2.45, 2.75) is 57.2 Å². The Kier molecular flexibility index (Phi) is 3.24. The number of aromatic nitrogens is 1. The van der Waals surface area contributed by atoms with Gasteiger partial charge in [-0.1, -0.05) is 0 Å². The van der Waals surface area contributed by atoms with Gasteiger partial charge in [0.1, 0.15) is 10.4 Å². The van der Waals surface area contributed by atoms with E-state index in [2.05, 4.69) is 4.98 Å². The molecule has 2 heterocycles. The zero-order chi connectivity index (χ0) is 15.5. The molecule has 2 fully saturated rings. The average Bonchev–Trinajstić information content (AvgIpc) is 2.99. The van der Waals surface area contributed by atoms with Gasteiger partial charge in [0.25, 0.3) is 0 Å². The first-order chi connectivity index (χ1) is 9.72. The highest BCUT2D eigenvalue weighted by atomic mass is 32.1. The number of hydrogen-bond donors (Lipinski definition) is 0. The summed E-state index contributed by atoms with van der Waals surface area (Å²) in [5, 5.41) is 0.805. The molecule has 5 nitrogen and oxygen atoms in total. The van der Waals surface area contributed by atoms with E-state index < -0.39 is 12.5 Å². The summed E-state index contributed by atoms with van der Waals surface area (Å²) in [6.07, 6.45) is 3.36. The van der Waals surface area contributed by atoms with Crippen molar-refractivity contribution < 1.29 is 18.8 Å². The predicted octanol–water partition coefficient (Wildman–Crippen LogP) is 1.65. The molecule has 3 rings (SSSR count). The Hall–Kier alpha value is -0.915. The van der Waals surface area contributed by atoms with E-state index in [-0.39, 0.29) is 17.2 Å². The van der Waals surface area contributed by atoms with E-state index in [0.29, 0.717) is 0 Å². The molecule has 0 spiro atoms. The van der Waals surface area contributed by atoms with Crippen molar-refractivity contribution in [1.82, 2.24) is 4.98 Å². The van der Waals surface area contributed by atoms with Crippen molar-refractivity contribution in [3.63, 3.8) is 0 Å². The predicted molar refractivity (Wildman–Crippen MR) is 80.8 cm³/mol. The maximum absolute atomic E-state index is 11.9. The maximum atomic E-state index is 11.9. The van der Waals surface area contributed by atoms with Gasteiger partial charge in [-0.2, -0.15) is 0 Å². The van der Waals surface area contributed by atoms with Crippen LogP contribution in [0.15, 0.2) is 6.20 Å². The molecule has 7 heteroatoms. The van der Waals surface area contributed by atoms with Gasteiger partial charge in [0.15, 0.2) is 0 Å². The number of thiazole rings is 1. The molecule has 1 aromatic heterocycles. The third kappa shape index (κ3) is 2.22. The lowest BCUT2D eigenvalue weighted by Crippen LogP contribution is -2.41. The van der Waals surface area contributed by atoms with Crippen molar-refractivity contribution in [3.05, 3.63) is 11.2 Å². The highest BCUT2D eigenvalue weighted by Gasteiger charge is 2.56. The fraction of sp³-hybridized carbons (Fsp3) is 0.714. The highest BCUT2D eigenvalue weighted by molar-refractivity contribution is 7.22. The monoisotopic (exact) mass is 309 g/mol. The second kappa shape index (κ2) is 4.54. The zero-order valence-corrected chi connectivity index (χ0v) is 13.9. The lowest BCUT2D eigenvalue weighted by molar-refractivity contribution is -0.143. The third-order valence-electron chi connectivity index (χ3n) is 4.74. The molecule has 0 unspecified atom stereocenters. The molecule has 2 aliphatic rings. The summed E-state index contributed by atoms with van der Waals surface area (Å²) < 4.78 is 17.8. The van der Waals surface area contributed by atoms with Crippen LogP contribution >= 0.6 is 11.3 Å². The van der Waals surface area contributed by atoms with Crippen LogP contribution in [0.2, 0.25) is 0 Å². The van der Waals surface area contributed by atoms with E-state index in [4.69, 9.17) is 14.0 Å². The van der Waals surface area contributed by atoms with Crippen molar-refractivity contribution in [1.29, 1.82) is 0 Å². The number of esters is 1. The summed E-state index contributed by atoms with van der Waals surface area (Å²) in [5.74, 6) is -0.197. The van der Waals surface area contributed by atoms with Crippen LogP contribution in [0.1, 0.15) is 45.5 Å². The summed E-state index contributed by atoms with van der Waals surface area (Å²) in [7, 11) is 1.00. The van der Waals surface area contributed by atoms with E-state index in [1.807, 2.05) is 27.7 Å². The largest absolute Gasteiger partial charge is 0.507 e. The van der Waals surface area contributed by atoms with Gasteiger partial charge in [-0.15, -0.1) is 11.3 Å². The van der Waals surface area contributed by atoms with Gasteiger partial charge in [0.05, 0.1) is 23.1 Å². The first-order valence-corrected chi connectivity index (χ1v) is 7.94. The number of hydrogen-bond acceptors (Lipinski definition) is 6. The van der Waals surface area contributed by atoms with Crippen molar-refractivity contribution in [2.75, 3.05) is 7.11 Å². The highest BCUT2D eigenvalue weighted by Crippen LogP contribution is 2.49. The maximum Gasteiger partial charge on any atom is 0.507 e. The number of carbonyl (C=O) groups excluding carboxylic acids is 1. The topological polar surface area (TPSA) is 57.7 Å². The average molecular weight is 309 g/mol. The molecular weight excluding hydrogens is 289 g/mol. The number of rotatable bonds is 3. The van der Waals surface area contributed by atoms with Gasteiger partial charge in [-0.3, -0.25) is 4.79 Å². The Morgan fingerprint density at radius 3 is 2.33 bits per heavy atom. The molecule has 1 saturated heterocycles. The van der Waals surface area contributed by atoms with Gasteiger partial charge in [0.2, 0.25) is 0 Å². The van der Waals surface area contributed by atoms with E-state index in [0.717, 1.165) is 22.6 Å². The van der Waals surface area contributed by atoms with Gasteiger partial charge in [-0.25, -0.2) is 4.98 Å². The quantitative estimate of drug-likeness (QED) is 0.628. The van der Waals surface area contributed by atoms with Crippen LogP contribution in [0.25, 0.3) is 0 Å². The molecule has 0 radical (unpaired) electrons. The SMILES string of the molecule is COC(=O)C1(c2ncc(B3OC(C)(C)C(C)(C)O3)s2)CC1. The first kappa shape index (κ1) is 15.0. The van der Waals surface area contributed by atoms with Gasteiger partial charge in [-0.05, 0) is 40.5 Å². The molecule has 1 aromatic rings. The summed E-state index contributed by atoms with van der Waals surface area (Å²) in [4.78, 5) is 16.3. The summed E-state index contributed by atoms with van der Waals surface area (Å²) in [6.45, 7) is 8.08. The van der Waals surface area contributed by atoms with Crippen LogP contribution in [0.5, 0.6) is 0 Å². The van der Waals surface area contributed by atoms with E-state index >= 15 is 0 Å². The van der Waals surface area contributed by atoms with Crippen LogP contribution in [-0.2, 0) is 24.3 Å². The number of nitrogens with zero attached hydrogens (tertiary/aromatic N) is 1. The fourth-order valence-corrected chi connectivity index (χ4v) is 3.51. The third-order valence-corrected chi connectivity index (χ3v) is 5.97. The zero-order valence-electron chi connectivity index (χ0n) is 13.1. The molecule has 0 N–H and O–H groups in total.